The summed E-state index contributed by atoms with van der Waals surface area (Å²) >= 11 is 13.0. The zero-order valence-corrected chi connectivity index (χ0v) is 14.0. The number of nitrogens with zero attached hydrogens (tertiary/aromatic N) is 2. The second-order valence-electron chi connectivity index (χ2n) is 4.35. The van der Waals surface area contributed by atoms with Crippen molar-refractivity contribution >= 4 is 52.2 Å². The summed E-state index contributed by atoms with van der Waals surface area (Å²) < 4.78 is 0. The van der Waals surface area contributed by atoms with Crippen molar-refractivity contribution in [2.45, 2.75) is 13.3 Å². The zero-order chi connectivity index (χ0) is 16.1. The number of carbonyl (C=O) groups is 2. The van der Waals surface area contributed by atoms with Gasteiger partial charge in [0.1, 0.15) is 0 Å². The summed E-state index contributed by atoms with van der Waals surface area (Å²) in [6.45, 7) is 2.37. The highest BCUT2D eigenvalue weighted by atomic mass is 35.5. The average molecular weight is 358 g/mol. The van der Waals surface area contributed by atoms with Gasteiger partial charge in [-0.1, -0.05) is 30.1 Å². The molecular formula is C14H13Cl2N3O2S. The first-order valence-electron chi connectivity index (χ1n) is 6.50. The first-order chi connectivity index (χ1) is 10.5. The molecular weight excluding hydrogens is 345 g/mol. The molecule has 1 heterocycles. The number of amides is 3. The van der Waals surface area contributed by atoms with Crippen molar-refractivity contribution in [3.63, 3.8) is 0 Å². The van der Waals surface area contributed by atoms with Crippen molar-refractivity contribution in [1.29, 1.82) is 0 Å². The highest BCUT2D eigenvalue weighted by Gasteiger charge is 2.20. The first kappa shape index (κ1) is 16.7. The van der Waals surface area contributed by atoms with Crippen LogP contribution < -0.4 is 10.2 Å². The highest BCUT2D eigenvalue weighted by Crippen LogP contribution is 2.27. The van der Waals surface area contributed by atoms with Crippen LogP contribution >= 0.6 is 34.5 Å². The SMILES string of the molecule is CCCN(C(=O)NC(=O)c1nccs1)c1ccc(Cl)c(Cl)c1. The number of rotatable bonds is 4. The van der Waals surface area contributed by atoms with Crippen LogP contribution in [0.15, 0.2) is 29.8 Å². The normalized spacial score (nSPS) is 10.3. The van der Waals surface area contributed by atoms with Crippen LogP contribution in [-0.4, -0.2) is 23.5 Å². The van der Waals surface area contributed by atoms with Crippen LogP contribution in [0, 0.1) is 0 Å². The van der Waals surface area contributed by atoms with Crippen LogP contribution in [0.25, 0.3) is 0 Å². The summed E-state index contributed by atoms with van der Waals surface area (Å²) in [6, 6.07) is 4.35. The average Bonchev–Trinajstić information content (AvgIpc) is 3.02. The Bertz CT molecular complexity index is 677. The van der Waals surface area contributed by atoms with Crippen molar-refractivity contribution in [2.24, 2.45) is 0 Å². The minimum Gasteiger partial charge on any atom is -0.294 e. The predicted molar refractivity (Wildman–Crippen MR) is 89.1 cm³/mol. The largest absolute Gasteiger partial charge is 0.328 e. The van der Waals surface area contributed by atoms with E-state index in [1.807, 2.05) is 6.92 Å². The van der Waals surface area contributed by atoms with E-state index >= 15 is 0 Å². The van der Waals surface area contributed by atoms with E-state index in [0.29, 0.717) is 22.3 Å². The van der Waals surface area contributed by atoms with E-state index < -0.39 is 11.9 Å². The number of benzene rings is 1. The minimum atomic E-state index is -0.527. The number of nitrogens with one attached hydrogen (secondary N) is 1. The van der Waals surface area contributed by atoms with Gasteiger partial charge in [-0.2, -0.15) is 0 Å². The monoisotopic (exact) mass is 357 g/mol. The number of imide groups is 1. The second kappa shape index (κ2) is 7.58. The molecule has 0 bridgehead atoms. The topological polar surface area (TPSA) is 62.3 Å². The third-order valence-corrected chi connectivity index (χ3v) is 4.27. The maximum absolute atomic E-state index is 12.3. The van der Waals surface area contributed by atoms with E-state index in [1.165, 1.54) is 22.4 Å². The fourth-order valence-electron chi connectivity index (χ4n) is 1.78. The Balaban J connectivity index is 2.17. The molecule has 1 aromatic carbocycles. The maximum atomic E-state index is 12.3. The third-order valence-electron chi connectivity index (χ3n) is 2.75. The molecule has 0 spiro atoms. The smallest absolute Gasteiger partial charge is 0.294 e. The van der Waals surface area contributed by atoms with E-state index in [-0.39, 0.29) is 5.01 Å². The Morgan fingerprint density at radius 2 is 2.09 bits per heavy atom. The molecule has 1 N–H and O–H groups in total. The van der Waals surface area contributed by atoms with Gasteiger partial charge in [-0.3, -0.25) is 15.0 Å². The molecule has 0 radical (unpaired) electrons. The number of anilines is 1. The summed E-state index contributed by atoms with van der Waals surface area (Å²) in [7, 11) is 0. The molecule has 22 heavy (non-hydrogen) atoms. The Kier molecular flexibility index (Phi) is 5.76. The molecule has 0 atom stereocenters. The molecule has 5 nitrogen and oxygen atoms in total. The number of urea groups is 1. The van der Waals surface area contributed by atoms with Gasteiger partial charge in [0, 0.05) is 23.8 Å². The zero-order valence-electron chi connectivity index (χ0n) is 11.7. The molecule has 0 aliphatic carbocycles. The van der Waals surface area contributed by atoms with Gasteiger partial charge in [-0.25, -0.2) is 9.78 Å². The summed E-state index contributed by atoms with van der Waals surface area (Å²) in [4.78, 5) is 29.6. The van der Waals surface area contributed by atoms with Crippen LogP contribution in [-0.2, 0) is 0 Å². The first-order valence-corrected chi connectivity index (χ1v) is 8.14. The molecule has 0 fully saturated rings. The van der Waals surface area contributed by atoms with Crippen LogP contribution in [0.1, 0.15) is 23.1 Å². The highest BCUT2D eigenvalue weighted by molar-refractivity contribution is 7.11. The van der Waals surface area contributed by atoms with Crippen molar-refractivity contribution < 1.29 is 9.59 Å². The van der Waals surface area contributed by atoms with Crippen molar-refractivity contribution in [3.05, 3.63) is 44.8 Å². The van der Waals surface area contributed by atoms with Gasteiger partial charge in [0.25, 0.3) is 5.91 Å². The molecule has 116 valence electrons. The van der Waals surface area contributed by atoms with E-state index in [0.717, 1.165) is 6.42 Å². The number of aromatic nitrogens is 1. The van der Waals surface area contributed by atoms with Crippen molar-refractivity contribution in [3.8, 4) is 0 Å². The molecule has 8 heteroatoms. The molecule has 0 saturated carbocycles. The lowest BCUT2D eigenvalue weighted by molar-refractivity contribution is 0.0965. The fraction of sp³-hybridized carbons (Fsp3) is 0.214. The van der Waals surface area contributed by atoms with Gasteiger partial charge in [0.05, 0.1) is 10.0 Å². The third kappa shape index (κ3) is 3.97. The Morgan fingerprint density at radius 1 is 1.32 bits per heavy atom. The molecule has 2 aromatic rings. The summed E-state index contributed by atoms with van der Waals surface area (Å²) in [5, 5.41) is 4.97. The van der Waals surface area contributed by atoms with Gasteiger partial charge in [0.15, 0.2) is 5.01 Å². The quantitative estimate of drug-likeness (QED) is 0.890. The molecule has 0 unspecified atom stereocenters. The van der Waals surface area contributed by atoms with Gasteiger partial charge in [0.2, 0.25) is 0 Å². The lowest BCUT2D eigenvalue weighted by atomic mass is 10.2. The van der Waals surface area contributed by atoms with Crippen LogP contribution in [0.5, 0.6) is 0 Å². The van der Waals surface area contributed by atoms with Gasteiger partial charge < -0.3 is 0 Å². The Morgan fingerprint density at radius 3 is 2.68 bits per heavy atom. The van der Waals surface area contributed by atoms with Crippen LogP contribution in [0.3, 0.4) is 0 Å². The predicted octanol–water partition coefficient (Wildman–Crippen LogP) is 4.22. The molecule has 0 aliphatic heterocycles. The number of hydrogen-bond acceptors (Lipinski definition) is 4. The number of hydrogen-bond donors (Lipinski definition) is 1. The second-order valence-corrected chi connectivity index (χ2v) is 6.06. The molecule has 2 rings (SSSR count). The van der Waals surface area contributed by atoms with Crippen molar-refractivity contribution in [1.82, 2.24) is 10.3 Å². The summed E-state index contributed by atoms with van der Waals surface area (Å²) in [5.41, 5.74) is 0.570. The number of halogens is 2. The Labute approximate surface area is 141 Å². The maximum Gasteiger partial charge on any atom is 0.328 e. The summed E-state index contributed by atoms with van der Waals surface area (Å²) in [5.74, 6) is -0.527. The number of carbonyl (C=O) groups excluding carboxylic acids is 2. The lowest BCUT2D eigenvalue weighted by Crippen LogP contribution is -2.43. The standard InChI is InChI=1S/C14H13Cl2N3O2S/c1-2-6-19(9-3-4-10(15)11(16)8-9)14(21)18-12(20)13-17-5-7-22-13/h3-5,7-8H,2,6H2,1H3,(H,18,20,21). The summed E-state index contributed by atoms with van der Waals surface area (Å²) in [6.07, 6.45) is 2.23. The molecule has 0 aliphatic rings. The van der Waals surface area contributed by atoms with Gasteiger partial charge in [-0.15, -0.1) is 11.3 Å². The van der Waals surface area contributed by atoms with Crippen molar-refractivity contribution in [2.75, 3.05) is 11.4 Å². The molecule has 0 saturated heterocycles. The number of thiazole rings is 1. The van der Waals surface area contributed by atoms with Crippen LogP contribution in [0.4, 0.5) is 10.5 Å². The van der Waals surface area contributed by atoms with E-state index in [2.05, 4.69) is 10.3 Å². The molecule has 1 aromatic heterocycles. The van der Waals surface area contributed by atoms with E-state index in [9.17, 15) is 9.59 Å². The fourth-order valence-corrected chi connectivity index (χ4v) is 2.60. The van der Waals surface area contributed by atoms with Crippen LogP contribution in [0.2, 0.25) is 10.0 Å². The lowest BCUT2D eigenvalue weighted by Gasteiger charge is -2.22. The molecule has 3 amide bonds. The Hall–Kier alpha value is -1.63. The van der Waals surface area contributed by atoms with Gasteiger partial charge >= 0.3 is 6.03 Å². The minimum absolute atomic E-state index is 0.235. The van der Waals surface area contributed by atoms with E-state index in [1.54, 1.807) is 23.6 Å². The van der Waals surface area contributed by atoms with E-state index in [4.69, 9.17) is 23.2 Å². The van der Waals surface area contributed by atoms with Gasteiger partial charge in [-0.05, 0) is 24.6 Å².